The van der Waals surface area contributed by atoms with Crippen molar-refractivity contribution in [2.75, 3.05) is 26.9 Å². The van der Waals surface area contributed by atoms with Crippen LogP contribution in [0.3, 0.4) is 0 Å². The minimum absolute atomic E-state index is 0.131. The summed E-state index contributed by atoms with van der Waals surface area (Å²) in [6, 6.07) is 0.651. The van der Waals surface area contributed by atoms with Crippen LogP contribution in [0.4, 0.5) is 0 Å². The molecule has 1 spiro atoms. The molecular formula is C16H31NO2. The molecule has 0 aromatic heterocycles. The summed E-state index contributed by atoms with van der Waals surface area (Å²) in [6.45, 7) is 7.35. The van der Waals surface area contributed by atoms with Gasteiger partial charge in [0.25, 0.3) is 0 Å². The largest absolute Gasteiger partial charge is 0.381 e. The fourth-order valence-corrected chi connectivity index (χ4v) is 3.65. The van der Waals surface area contributed by atoms with E-state index in [1.807, 2.05) is 0 Å². The van der Waals surface area contributed by atoms with Crippen LogP contribution in [0.25, 0.3) is 0 Å². The summed E-state index contributed by atoms with van der Waals surface area (Å²) >= 11 is 0. The van der Waals surface area contributed by atoms with Crippen LogP contribution in [0.5, 0.6) is 0 Å². The van der Waals surface area contributed by atoms with Crippen LogP contribution in [0.15, 0.2) is 0 Å². The Hall–Kier alpha value is -0.120. The number of nitrogens with one attached hydrogen (secondary N) is 1. The van der Waals surface area contributed by atoms with Crippen LogP contribution >= 0.6 is 0 Å². The van der Waals surface area contributed by atoms with Gasteiger partial charge < -0.3 is 14.8 Å². The Kier molecular flexibility index (Phi) is 5.67. The van der Waals surface area contributed by atoms with Crippen molar-refractivity contribution >= 4 is 0 Å². The average Bonchev–Trinajstić information content (AvgIpc) is 2.45. The van der Waals surface area contributed by atoms with Gasteiger partial charge in [-0.3, -0.25) is 0 Å². The van der Waals surface area contributed by atoms with Gasteiger partial charge in [-0.2, -0.15) is 0 Å². The third-order valence-corrected chi connectivity index (χ3v) is 5.23. The highest BCUT2D eigenvalue weighted by atomic mass is 16.5. The highest BCUT2D eigenvalue weighted by Crippen LogP contribution is 2.39. The van der Waals surface area contributed by atoms with Crippen molar-refractivity contribution in [1.29, 1.82) is 0 Å². The molecule has 0 bridgehead atoms. The molecule has 2 heterocycles. The second-order valence-electron chi connectivity index (χ2n) is 6.54. The molecule has 0 aliphatic carbocycles. The third-order valence-electron chi connectivity index (χ3n) is 5.23. The second-order valence-corrected chi connectivity index (χ2v) is 6.54. The zero-order valence-electron chi connectivity index (χ0n) is 12.9. The van der Waals surface area contributed by atoms with E-state index in [2.05, 4.69) is 26.2 Å². The Morgan fingerprint density at radius 2 is 2.00 bits per heavy atom. The maximum Gasteiger partial charge on any atom is 0.0729 e. The first-order chi connectivity index (χ1) is 9.19. The molecule has 1 N–H and O–H groups in total. The molecule has 112 valence electrons. The lowest BCUT2D eigenvalue weighted by atomic mass is 9.76. The number of rotatable bonds is 5. The lowest BCUT2D eigenvalue weighted by Gasteiger charge is -2.45. The lowest BCUT2D eigenvalue weighted by molar-refractivity contribution is -0.150. The third kappa shape index (κ3) is 3.93. The SMILES string of the molecule is CCC(C)CC(NC)C1CCOC2(CCOCC2)C1. The summed E-state index contributed by atoms with van der Waals surface area (Å²) in [5.41, 5.74) is 0.131. The molecule has 2 saturated heterocycles. The van der Waals surface area contributed by atoms with Gasteiger partial charge in [-0.15, -0.1) is 0 Å². The van der Waals surface area contributed by atoms with E-state index in [0.29, 0.717) is 6.04 Å². The van der Waals surface area contributed by atoms with Gasteiger partial charge in [0.05, 0.1) is 5.60 Å². The van der Waals surface area contributed by atoms with E-state index in [4.69, 9.17) is 9.47 Å². The Morgan fingerprint density at radius 3 is 2.63 bits per heavy atom. The smallest absolute Gasteiger partial charge is 0.0729 e. The standard InChI is InChI=1S/C16H31NO2/c1-4-13(2)11-15(17-3)14-5-8-19-16(12-14)6-9-18-10-7-16/h13-15,17H,4-12H2,1-3H3. The lowest BCUT2D eigenvalue weighted by Crippen LogP contribution is -2.49. The molecule has 2 fully saturated rings. The molecule has 3 nitrogen and oxygen atoms in total. The number of hydrogen-bond acceptors (Lipinski definition) is 3. The number of ether oxygens (including phenoxy) is 2. The summed E-state index contributed by atoms with van der Waals surface area (Å²) < 4.78 is 11.7. The summed E-state index contributed by atoms with van der Waals surface area (Å²) in [6.07, 6.45) is 7.18. The first-order valence-electron chi connectivity index (χ1n) is 8.08. The van der Waals surface area contributed by atoms with Crippen molar-refractivity contribution in [2.45, 2.75) is 64.0 Å². The van der Waals surface area contributed by atoms with E-state index in [1.165, 1.54) is 25.7 Å². The molecule has 0 saturated carbocycles. The van der Waals surface area contributed by atoms with E-state index in [1.54, 1.807) is 0 Å². The Balaban J connectivity index is 1.94. The van der Waals surface area contributed by atoms with Gasteiger partial charge in [0, 0.05) is 25.9 Å². The van der Waals surface area contributed by atoms with Crippen LogP contribution in [-0.2, 0) is 9.47 Å². The van der Waals surface area contributed by atoms with Crippen LogP contribution in [0.1, 0.15) is 52.4 Å². The van der Waals surface area contributed by atoms with Crippen LogP contribution in [0.2, 0.25) is 0 Å². The molecule has 2 aliphatic rings. The predicted molar refractivity (Wildman–Crippen MR) is 78.4 cm³/mol. The summed E-state index contributed by atoms with van der Waals surface area (Å²) in [4.78, 5) is 0. The molecule has 19 heavy (non-hydrogen) atoms. The topological polar surface area (TPSA) is 30.5 Å². The maximum atomic E-state index is 6.15. The Morgan fingerprint density at radius 1 is 1.26 bits per heavy atom. The molecule has 0 aromatic rings. The molecule has 0 radical (unpaired) electrons. The van der Waals surface area contributed by atoms with Gasteiger partial charge in [0.15, 0.2) is 0 Å². The van der Waals surface area contributed by atoms with E-state index in [-0.39, 0.29) is 5.60 Å². The van der Waals surface area contributed by atoms with Crippen LogP contribution in [0, 0.1) is 11.8 Å². The van der Waals surface area contributed by atoms with Crippen molar-refractivity contribution in [2.24, 2.45) is 11.8 Å². The first-order valence-corrected chi connectivity index (χ1v) is 8.08. The van der Waals surface area contributed by atoms with Crippen molar-refractivity contribution in [3.63, 3.8) is 0 Å². The van der Waals surface area contributed by atoms with E-state index >= 15 is 0 Å². The zero-order valence-corrected chi connectivity index (χ0v) is 12.9. The molecule has 2 aliphatic heterocycles. The molecular weight excluding hydrogens is 238 g/mol. The monoisotopic (exact) mass is 269 g/mol. The minimum Gasteiger partial charge on any atom is -0.381 e. The quantitative estimate of drug-likeness (QED) is 0.832. The fourth-order valence-electron chi connectivity index (χ4n) is 3.65. The fraction of sp³-hybridized carbons (Fsp3) is 1.00. The predicted octanol–water partition coefficient (Wildman–Crippen LogP) is 2.99. The number of hydrogen-bond donors (Lipinski definition) is 1. The van der Waals surface area contributed by atoms with E-state index in [9.17, 15) is 0 Å². The molecule has 0 aromatic carbocycles. The van der Waals surface area contributed by atoms with Gasteiger partial charge >= 0.3 is 0 Å². The minimum atomic E-state index is 0.131. The Labute approximate surface area is 118 Å². The summed E-state index contributed by atoms with van der Waals surface area (Å²) in [5, 5.41) is 3.57. The highest BCUT2D eigenvalue weighted by Gasteiger charge is 2.41. The van der Waals surface area contributed by atoms with Crippen molar-refractivity contribution in [1.82, 2.24) is 5.32 Å². The van der Waals surface area contributed by atoms with Crippen molar-refractivity contribution in [3.05, 3.63) is 0 Å². The maximum absolute atomic E-state index is 6.15. The second kappa shape index (κ2) is 7.05. The van der Waals surface area contributed by atoms with Crippen LogP contribution in [-0.4, -0.2) is 38.5 Å². The van der Waals surface area contributed by atoms with Gasteiger partial charge in [-0.05, 0) is 51.0 Å². The zero-order chi connectivity index (χ0) is 13.7. The summed E-state index contributed by atoms with van der Waals surface area (Å²) in [7, 11) is 2.12. The molecule has 2 rings (SSSR count). The van der Waals surface area contributed by atoms with Crippen LogP contribution < -0.4 is 5.32 Å². The summed E-state index contributed by atoms with van der Waals surface area (Å²) in [5.74, 6) is 1.58. The average molecular weight is 269 g/mol. The molecule has 3 heteroatoms. The van der Waals surface area contributed by atoms with E-state index < -0.39 is 0 Å². The highest BCUT2D eigenvalue weighted by molar-refractivity contribution is 4.92. The first kappa shape index (κ1) is 15.3. The molecule has 3 unspecified atom stereocenters. The molecule has 0 amide bonds. The van der Waals surface area contributed by atoms with Gasteiger partial charge in [-0.1, -0.05) is 20.3 Å². The van der Waals surface area contributed by atoms with Gasteiger partial charge in [0.1, 0.15) is 0 Å². The molecule has 3 atom stereocenters. The van der Waals surface area contributed by atoms with Gasteiger partial charge in [-0.25, -0.2) is 0 Å². The van der Waals surface area contributed by atoms with Crippen molar-refractivity contribution < 1.29 is 9.47 Å². The normalized spacial score (nSPS) is 30.2. The Bertz CT molecular complexity index is 258. The van der Waals surface area contributed by atoms with E-state index in [0.717, 1.165) is 44.5 Å². The van der Waals surface area contributed by atoms with Gasteiger partial charge in [0.2, 0.25) is 0 Å². The van der Waals surface area contributed by atoms with Crippen molar-refractivity contribution in [3.8, 4) is 0 Å².